The van der Waals surface area contributed by atoms with Crippen LogP contribution in [-0.2, 0) is 4.79 Å². The van der Waals surface area contributed by atoms with Crippen molar-refractivity contribution in [2.75, 3.05) is 25.5 Å². The van der Waals surface area contributed by atoms with Crippen LogP contribution in [0.2, 0.25) is 0 Å². The van der Waals surface area contributed by atoms with E-state index in [4.69, 9.17) is 4.74 Å². The lowest BCUT2D eigenvalue weighted by molar-refractivity contribution is -0.132. The smallest absolute Gasteiger partial charge is 0.322 e. The molecule has 2 saturated heterocycles. The molecule has 1 aromatic rings. The number of benzene rings is 1. The van der Waals surface area contributed by atoms with E-state index in [9.17, 15) is 9.59 Å². The summed E-state index contributed by atoms with van der Waals surface area (Å²) in [6.07, 6.45) is 3.23. The van der Waals surface area contributed by atoms with Crippen LogP contribution in [0.15, 0.2) is 18.2 Å². The molecule has 0 aromatic heterocycles. The number of nitrogens with zero attached hydrogens (tertiary/aromatic N) is 1. The number of ether oxygens (including phenoxy) is 1. The maximum Gasteiger partial charge on any atom is 0.322 e. The van der Waals surface area contributed by atoms with Crippen LogP contribution in [0, 0.1) is 6.92 Å². The average Bonchev–Trinajstić information content (AvgIpc) is 2.95. The van der Waals surface area contributed by atoms with Crippen LogP contribution in [0.3, 0.4) is 0 Å². The van der Waals surface area contributed by atoms with Gasteiger partial charge in [0, 0.05) is 13.1 Å². The van der Waals surface area contributed by atoms with Gasteiger partial charge in [-0.15, -0.1) is 0 Å². The van der Waals surface area contributed by atoms with Gasteiger partial charge in [-0.05, 0) is 50.3 Å². The molecule has 2 fully saturated rings. The van der Waals surface area contributed by atoms with E-state index in [2.05, 4.69) is 10.6 Å². The number of carbonyl (C=O) groups excluding carboxylic acids is 2. The summed E-state index contributed by atoms with van der Waals surface area (Å²) in [4.78, 5) is 26.9. The fourth-order valence-electron chi connectivity index (χ4n) is 3.63. The number of likely N-dealkylation sites (tertiary alicyclic amines) is 1. The van der Waals surface area contributed by atoms with Crippen molar-refractivity contribution in [1.82, 2.24) is 10.2 Å². The number of rotatable bonds is 2. The van der Waals surface area contributed by atoms with Crippen LogP contribution in [-0.4, -0.2) is 42.6 Å². The first kappa shape index (κ1) is 15.6. The Morgan fingerprint density at radius 1 is 1.35 bits per heavy atom. The van der Waals surface area contributed by atoms with Crippen molar-refractivity contribution in [2.24, 2.45) is 0 Å². The van der Waals surface area contributed by atoms with Crippen molar-refractivity contribution in [3.05, 3.63) is 23.8 Å². The molecule has 23 heavy (non-hydrogen) atoms. The minimum absolute atomic E-state index is 0.0207. The van der Waals surface area contributed by atoms with Crippen molar-refractivity contribution >= 4 is 17.6 Å². The van der Waals surface area contributed by atoms with E-state index >= 15 is 0 Å². The summed E-state index contributed by atoms with van der Waals surface area (Å²) in [7, 11) is 1.58. The molecule has 1 aromatic carbocycles. The molecule has 2 aliphatic heterocycles. The number of hydrogen-bond acceptors (Lipinski definition) is 3. The Balaban J connectivity index is 1.83. The van der Waals surface area contributed by atoms with Crippen molar-refractivity contribution in [2.45, 2.75) is 38.1 Å². The zero-order valence-electron chi connectivity index (χ0n) is 13.6. The first-order valence-corrected chi connectivity index (χ1v) is 8.08. The molecule has 3 rings (SSSR count). The fourth-order valence-corrected chi connectivity index (χ4v) is 3.63. The minimum Gasteiger partial charge on any atom is -0.495 e. The summed E-state index contributed by atoms with van der Waals surface area (Å²) in [6.45, 7) is 3.26. The van der Waals surface area contributed by atoms with Crippen LogP contribution in [0.5, 0.6) is 5.75 Å². The van der Waals surface area contributed by atoms with Crippen LogP contribution in [0.25, 0.3) is 0 Å². The molecule has 2 aliphatic rings. The molecule has 0 saturated carbocycles. The van der Waals surface area contributed by atoms with E-state index in [1.54, 1.807) is 12.0 Å². The highest BCUT2D eigenvalue weighted by atomic mass is 16.5. The molecular weight excluding hydrogens is 294 g/mol. The topological polar surface area (TPSA) is 70.7 Å². The molecule has 2 N–H and O–H groups in total. The third-order valence-corrected chi connectivity index (χ3v) is 4.81. The molecule has 124 valence electrons. The van der Waals surface area contributed by atoms with Gasteiger partial charge in [0.25, 0.3) is 0 Å². The molecular formula is C17H23N3O3. The van der Waals surface area contributed by atoms with E-state index in [-0.39, 0.29) is 11.9 Å². The molecule has 0 radical (unpaired) electrons. The number of carbonyl (C=O) groups is 2. The van der Waals surface area contributed by atoms with E-state index in [0.29, 0.717) is 24.5 Å². The summed E-state index contributed by atoms with van der Waals surface area (Å²) in [5.41, 5.74) is 0.989. The van der Waals surface area contributed by atoms with E-state index in [1.165, 1.54) is 0 Å². The Hall–Kier alpha value is -2.24. The monoisotopic (exact) mass is 317 g/mol. The van der Waals surface area contributed by atoms with Crippen molar-refractivity contribution in [3.8, 4) is 5.75 Å². The van der Waals surface area contributed by atoms with Gasteiger partial charge >= 0.3 is 6.03 Å². The Bertz CT molecular complexity index is 632. The van der Waals surface area contributed by atoms with Gasteiger partial charge in [-0.3, -0.25) is 4.79 Å². The molecule has 6 heteroatoms. The number of anilines is 1. The predicted molar refractivity (Wildman–Crippen MR) is 87.7 cm³/mol. The van der Waals surface area contributed by atoms with Gasteiger partial charge in [0.2, 0.25) is 5.91 Å². The number of amides is 3. The summed E-state index contributed by atoms with van der Waals surface area (Å²) in [5.74, 6) is 0.595. The first-order valence-electron chi connectivity index (χ1n) is 8.08. The third-order valence-electron chi connectivity index (χ3n) is 4.81. The number of urea groups is 1. The van der Waals surface area contributed by atoms with Crippen LogP contribution >= 0.6 is 0 Å². The maximum atomic E-state index is 12.8. The van der Waals surface area contributed by atoms with Crippen molar-refractivity contribution in [1.29, 1.82) is 0 Å². The van der Waals surface area contributed by atoms with Gasteiger partial charge in [0.15, 0.2) is 0 Å². The SMILES string of the molecule is COc1ccc(C)cc1NC(=O)N1CCCC12CCCNC2=O. The summed E-state index contributed by atoms with van der Waals surface area (Å²) >= 11 is 0. The summed E-state index contributed by atoms with van der Waals surface area (Å²) in [5, 5.41) is 5.83. The number of hydrogen-bond donors (Lipinski definition) is 2. The highest BCUT2D eigenvalue weighted by Crippen LogP contribution is 2.36. The van der Waals surface area contributed by atoms with E-state index in [1.807, 2.05) is 25.1 Å². The Morgan fingerprint density at radius 2 is 2.13 bits per heavy atom. The maximum absolute atomic E-state index is 12.8. The third kappa shape index (κ3) is 2.73. The quantitative estimate of drug-likeness (QED) is 0.879. The Morgan fingerprint density at radius 3 is 2.87 bits per heavy atom. The van der Waals surface area contributed by atoms with Gasteiger partial charge in [-0.25, -0.2) is 4.79 Å². The van der Waals surface area contributed by atoms with Gasteiger partial charge in [-0.2, -0.15) is 0 Å². The predicted octanol–water partition coefficient (Wildman–Crippen LogP) is 2.28. The van der Waals surface area contributed by atoms with Gasteiger partial charge in [0.1, 0.15) is 11.3 Å². The molecule has 6 nitrogen and oxygen atoms in total. The Kier molecular flexibility index (Phi) is 4.15. The lowest BCUT2D eigenvalue weighted by Crippen LogP contribution is -2.60. The highest BCUT2D eigenvalue weighted by Gasteiger charge is 2.50. The van der Waals surface area contributed by atoms with Crippen LogP contribution in [0.4, 0.5) is 10.5 Å². The molecule has 1 atom stereocenters. The van der Waals surface area contributed by atoms with Gasteiger partial charge in [-0.1, -0.05) is 6.07 Å². The lowest BCUT2D eigenvalue weighted by Gasteiger charge is -2.39. The van der Waals surface area contributed by atoms with E-state index in [0.717, 1.165) is 31.2 Å². The zero-order valence-corrected chi connectivity index (χ0v) is 13.6. The second-order valence-corrected chi connectivity index (χ2v) is 6.28. The molecule has 0 aliphatic carbocycles. The van der Waals surface area contributed by atoms with E-state index < -0.39 is 5.54 Å². The largest absolute Gasteiger partial charge is 0.495 e. The van der Waals surface area contributed by atoms with Crippen molar-refractivity contribution < 1.29 is 14.3 Å². The summed E-state index contributed by atoms with van der Waals surface area (Å²) < 4.78 is 5.31. The zero-order chi connectivity index (χ0) is 16.4. The number of methoxy groups -OCH3 is 1. The van der Waals surface area contributed by atoms with Crippen LogP contribution in [0.1, 0.15) is 31.2 Å². The molecule has 0 bridgehead atoms. The Labute approximate surface area is 136 Å². The van der Waals surface area contributed by atoms with Crippen molar-refractivity contribution in [3.63, 3.8) is 0 Å². The standard InChI is InChI=1S/C17H23N3O3/c1-12-5-6-14(23-2)13(11-12)19-16(22)20-10-4-8-17(20)7-3-9-18-15(17)21/h5-6,11H,3-4,7-10H2,1-2H3,(H,18,21)(H,19,22). The molecule has 3 amide bonds. The second-order valence-electron chi connectivity index (χ2n) is 6.28. The number of aryl methyl sites for hydroxylation is 1. The average molecular weight is 317 g/mol. The minimum atomic E-state index is -0.681. The fraction of sp³-hybridized carbons (Fsp3) is 0.529. The van der Waals surface area contributed by atoms with Gasteiger partial charge in [0.05, 0.1) is 12.8 Å². The number of piperidine rings is 1. The highest BCUT2D eigenvalue weighted by molar-refractivity contribution is 5.97. The molecule has 1 spiro atoms. The molecule has 1 unspecified atom stereocenters. The lowest BCUT2D eigenvalue weighted by atomic mass is 9.86. The van der Waals surface area contributed by atoms with Gasteiger partial charge < -0.3 is 20.3 Å². The first-order chi connectivity index (χ1) is 11.1. The normalized spacial score (nSPS) is 23.7. The van der Waals surface area contributed by atoms with Crippen LogP contribution < -0.4 is 15.4 Å². The second kappa shape index (κ2) is 6.10. The number of nitrogens with one attached hydrogen (secondary N) is 2. The molecule has 2 heterocycles. The summed E-state index contributed by atoms with van der Waals surface area (Å²) in [6, 6.07) is 5.40.